The van der Waals surface area contributed by atoms with Crippen LogP contribution in [0.1, 0.15) is 25.5 Å². The average Bonchev–Trinajstić information content (AvgIpc) is 3.19. The van der Waals surface area contributed by atoms with Crippen LogP contribution in [0.3, 0.4) is 0 Å². The van der Waals surface area contributed by atoms with Crippen molar-refractivity contribution in [1.29, 1.82) is 10.9 Å². The van der Waals surface area contributed by atoms with E-state index in [9.17, 15) is 0 Å². The maximum atomic E-state index is 7.84. The van der Waals surface area contributed by atoms with Crippen molar-refractivity contribution in [3.8, 4) is 0 Å². The average molecular weight is 421 g/mol. The molecule has 0 aliphatic rings. The molecule has 3 aromatic carbocycles. The van der Waals surface area contributed by atoms with Gasteiger partial charge in [-0.15, -0.1) is 5.11 Å². The number of benzene rings is 3. The van der Waals surface area contributed by atoms with Gasteiger partial charge in [0.05, 0.1) is 6.04 Å². The molecule has 32 heavy (non-hydrogen) atoms. The Morgan fingerprint density at radius 1 is 0.938 bits per heavy atom. The topological polar surface area (TPSA) is 65.0 Å². The van der Waals surface area contributed by atoms with Gasteiger partial charge in [-0.2, -0.15) is 0 Å². The molecule has 4 nitrogen and oxygen atoms in total. The molecule has 0 aliphatic heterocycles. The van der Waals surface area contributed by atoms with Crippen LogP contribution in [0.15, 0.2) is 120 Å². The first-order valence-corrected chi connectivity index (χ1v) is 10.6. The number of fused-ring (bicyclic) bond motifs is 3. The van der Waals surface area contributed by atoms with Gasteiger partial charge in [0.15, 0.2) is 5.84 Å². The van der Waals surface area contributed by atoms with E-state index in [0.29, 0.717) is 5.56 Å². The van der Waals surface area contributed by atoms with Crippen molar-refractivity contribution in [1.82, 2.24) is 4.57 Å². The lowest BCUT2D eigenvalue weighted by Crippen LogP contribution is -2.06. The van der Waals surface area contributed by atoms with Gasteiger partial charge in [0, 0.05) is 27.4 Å². The van der Waals surface area contributed by atoms with Gasteiger partial charge < -0.3 is 4.57 Å². The molecule has 0 spiro atoms. The minimum absolute atomic E-state index is 0.0310. The lowest BCUT2D eigenvalue weighted by molar-refractivity contribution is 0.684. The smallest absolute Gasteiger partial charge is 0.173 e. The van der Waals surface area contributed by atoms with E-state index in [2.05, 4.69) is 41.4 Å². The van der Waals surface area contributed by atoms with Gasteiger partial charge in [-0.05, 0) is 43.7 Å². The van der Waals surface area contributed by atoms with E-state index in [0.717, 1.165) is 27.4 Å². The molecule has 4 rings (SSSR count). The summed E-state index contributed by atoms with van der Waals surface area (Å²) in [5.41, 5.74) is 11.1. The van der Waals surface area contributed by atoms with E-state index < -0.39 is 0 Å². The second-order valence-corrected chi connectivity index (χ2v) is 7.31. The monoisotopic (exact) mass is 420 g/mol. The van der Waals surface area contributed by atoms with Crippen LogP contribution in [-0.4, -0.2) is 10.4 Å². The molecule has 1 heterocycles. The Bertz CT molecular complexity index is 1270. The Hall–Kier alpha value is -4.05. The number of nitrogens with zero attached hydrogens (tertiary/aromatic N) is 2. The van der Waals surface area contributed by atoms with Gasteiger partial charge in [0.1, 0.15) is 0 Å². The molecule has 4 heteroatoms. The standard InChI is InChI=1S/C22H22N4.C6H6/c1-4-6-9-16(5-2)15(3)26-20-11-8-7-10-18(20)19-14-17(22(23)25-24)12-13-21(19)26;1-2-4-6-5-3-1/h4-15,23-24H,2H2,1,3H3;1-6H/b6-4-,16-9+,23-22?,25-24?;. The van der Waals surface area contributed by atoms with E-state index in [-0.39, 0.29) is 11.9 Å². The normalized spacial score (nSPS) is 12.4. The number of hydrogen-bond acceptors (Lipinski definition) is 2. The quantitative estimate of drug-likeness (QED) is 0.142. The number of amidine groups is 1. The molecule has 2 N–H and O–H groups in total. The lowest BCUT2D eigenvalue weighted by atomic mass is 10.1. The van der Waals surface area contributed by atoms with Crippen molar-refractivity contribution >= 4 is 27.6 Å². The molecular formula is C28H28N4. The van der Waals surface area contributed by atoms with Gasteiger partial charge in [-0.3, -0.25) is 5.41 Å². The minimum Gasteiger partial charge on any atom is -0.333 e. The summed E-state index contributed by atoms with van der Waals surface area (Å²) in [6.45, 7) is 8.14. The highest BCUT2D eigenvalue weighted by molar-refractivity contribution is 6.11. The number of rotatable bonds is 5. The third kappa shape index (κ3) is 4.81. The highest BCUT2D eigenvalue weighted by Gasteiger charge is 2.17. The molecule has 0 radical (unpaired) electrons. The second kappa shape index (κ2) is 10.8. The summed E-state index contributed by atoms with van der Waals surface area (Å²) >= 11 is 0. The number of hydrogen-bond donors (Lipinski definition) is 2. The Kier molecular flexibility index (Phi) is 7.65. The largest absolute Gasteiger partial charge is 0.333 e. The van der Waals surface area contributed by atoms with Crippen LogP contribution in [0, 0.1) is 10.9 Å². The summed E-state index contributed by atoms with van der Waals surface area (Å²) < 4.78 is 2.30. The zero-order chi connectivity index (χ0) is 22.9. The van der Waals surface area contributed by atoms with Crippen LogP contribution >= 0.6 is 0 Å². The molecule has 0 saturated heterocycles. The molecule has 0 saturated carbocycles. The third-order valence-electron chi connectivity index (χ3n) is 5.35. The molecule has 0 aliphatic carbocycles. The summed E-state index contributed by atoms with van der Waals surface area (Å²) in [7, 11) is 0. The van der Waals surface area contributed by atoms with Crippen LogP contribution in [0.4, 0.5) is 0 Å². The molecule has 1 aromatic heterocycles. The molecule has 1 unspecified atom stereocenters. The molecular weight excluding hydrogens is 392 g/mol. The van der Waals surface area contributed by atoms with E-state index >= 15 is 0 Å². The highest BCUT2D eigenvalue weighted by atomic mass is 15.0. The van der Waals surface area contributed by atoms with Crippen molar-refractivity contribution in [2.45, 2.75) is 19.9 Å². The van der Waals surface area contributed by atoms with Crippen molar-refractivity contribution < 1.29 is 0 Å². The predicted octanol–water partition coefficient (Wildman–Crippen LogP) is 8.09. The molecule has 160 valence electrons. The summed E-state index contributed by atoms with van der Waals surface area (Å²) in [6, 6.07) is 26.2. The van der Waals surface area contributed by atoms with Crippen molar-refractivity contribution in [2.24, 2.45) is 5.11 Å². The van der Waals surface area contributed by atoms with Crippen LogP contribution in [-0.2, 0) is 0 Å². The minimum atomic E-state index is -0.0310. The maximum absolute atomic E-state index is 7.84. The summed E-state index contributed by atoms with van der Waals surface area (Å²) in [6.07, 6.45) is 8.01. The molecule has 0 bridgehead atoms. The lowest BCUT2D eigenvalue weighted by Gasteiger charge is -2.18. The maximum Gasteiger partial charge on any atom is 0.173 e. The van der Waals surface area contributed by atoms with Crippen molar-refractivity contribution in [3.63, 3.8) is 0 Å². The highest BCUT2D eigenvalue weighted by Crippen LogP contribution is 2.35. The van der Waals surface area contributed by atoms with Gasteiger partial charge in [-0.1, -0.05) is 85.5 Å². The Labute approximate surface area is 189 Å². The van der Waals surface area contributed by atoms with E-state index in [1.807, 2.05) is 91.9 Å². The van der Waals surface area contributed by atoms with Crippen LogP contribution < -0.4 is 0 Å². The fourth-order valence-electron chi connectivity index (χ4n) is 3.75. The first-order valence-electron chi connectivity index (χ1n) is 10.6. The fourth-order valence-corrected chi connectivity index (χ4v) is 3.75. The van der Waals surface area contributed by atoms with E-state index in [1.165, 1.54) is 0 Å². The molecule has 0 fully saturated rings. The van der Waals surface area contributed by atoms with Crippen LogP contribution in [0.25, 0.3) is 21.8 Å². The van der Waals surface area contributed by atoms with Crippen LogP contribution in [0.5, 0.6) is 0 Å². The number of nitrogens with one attached hydrogen (secondary N) is 2. The summed E-state index contributed by atoms with van der Waals surface area (Å²) in [5, 5.41) is 13.3. The Morgan fingerprint density at radius 3 is 2.16 bits per heavy atom. The Morgan fingerprint density at radius 2 is 1.56 bits per heavy atom. The number of allylic oxidation sites excluding steroid dienone is 5. The first kappa shape index (κ1) is 22.6. The second-order valence-electron chi connectivity index (χ2n) is 7.31. The van der Waals surface area contributed by atoms with Gasteiger partial charge in [-0.25, -0.2) is 5.53 Å². The van der Waals surface area contributed by atoms with E-state index in [4.69, 9.17) is 10.9 Å². The predicted molar refractivity (Wildman–Crippen MR) is 136 cm³/mol. The van der Waals surface area contributed by atoms with Gasteiger partial charge >= 0.3 is 0 Å². The molecule has 4 aromatic rings. The van der Waals surface area contributed by atoms with Crippen molar-refractivity contribution in [2.75, 3.05) is 0 Å². The van der Waals surface area contributed by atoms with Gasteiger partial charge in [0.25, 0.3) is 0 Å². The third-order valence-corrected chi connectivity index (χ3v) is 5.35. The number of para-hydroxylation sites is 1. The van der Waals surface area contributed by atoms with Crippen LogP contribution in [0.2, 0.25) is 0 Å². The number of aromatic nitrogens is 1. The molecule has 0 amide bonds. The summed E-state index contributed by atoms with van der Waals surface area (Å²) in [5.74, 6) is -0.0310. The zero-order valence-corrected chi connectivity index (χ0v) is 18.5. The van der Waals surface area contributed by atoms with Crippen molar-refractivity contribution in [3.05, 3.63) is 121 Å². The Balaban J connectivity index is 0.000000416. The van der Waals surface area contributed by atoms with E-state index in [1.54, 1.807) is 0 Å². The van der Waals surface area contributed by atoms with Gasteiger partial charge in [0.2, 0.25) is 0 Å². The summed E-state index contributed by atoms with van der Waals surface area (Å²) in [4.78, 5) is 0. The zero-order valence-electron chi connectivity index (χ0n) is 18.5. The first-order chi connectivity index (χ1) is 15.6. The SMILES string of the molecule is C=C/C(=C\C=C/C)C(C)n1c2ccccc2c2cc(C(=N)N=N)ccc21.c1ccccc1. The molecule has 1 atom stereocenters. The fraction of sp³-hybridized carbons (Fsp3) is 0.107.